The smallest absolute Gasteiger partial charge is 0.292 e. The first-order chi connectivity index (χ1) is 9.90. The Morgan fingerprint density at radius 3 is 2.71 bits per heavy atom. The molecule has 1 aromatic carbocycles. The van der Waals surface area contributed by atoms with Crippen LogP contribution in [0.15, 0.2) is 18.2 Å². The molecule has 0 saturated carbocycles. The Morgan fingerprint density at radius 1 is 1.38 bits per heavy atom. The number of rotatable bonds is 3. The Bertz CT molecular complexity index is 559. The van der Waals surface area contributed by atoms with Crippen molar-refractivity contribution in [2.24, 2.45) is 0 Å². The number of benzene rings is 1. The van der Waals surface area contributed by atoms with Crippen LogP contribution in [0.2, 0.25) is 0 Å². The van der Waals surface area contributed by atoms with E-state index < -0.39 is 11.0 Å². The highest BCUT2D eigenvalue weighted by Crippen LogP contribution is 2.31. The van der Waals surface area contributed by atoms with E-state index in [9.17, 15) is 20.0 Å². The van der Waals surface area contributed by atoms with Crippen molar-refractivity contribution in [1.29, 1.82) is 0 Å². The highest BCUT2D eigenvalue weighted by molar-refractivity contribution is 5.83. The summed E-state index contributed by atoms with van der Waals surface area (Å²) in [6, 6.07) is 4.64. The number of carbonyl (C=O) groups excluding carboxylic acids is 1. The first-order valence-corrected chi connectivity index (χ1v) is 6.85. The van der Waals surface area contributed by atoms with E-state index in [-0.39, 0.29) is 18.1 Å². The van der Waals surface area contributed by atoms with Crippen molar-refractivity contribution in [3.63, 3.8) is 0 Å². The number of likely N-dealkylation sites (N-methyl/N-ethyl adjacent to an activating group) is 1. The topological polar surface area (TPSA) is 86.9 Å². The van der Waals surface area contributed by atoms with Gasteiger partial charge in [-0.3, -0.25) is 14.9 Å². The zero-order chi connectivity index (χ0) is 15.6. The van der Waals surface area contributed by atoms with Crippen LogP contribution < -0.4 is 4.90 Å². The van der Waals surface area contributed by atoms with Crippen LogP contribution in [0.25, 0.3) is 0 Å². The summed E-state index contributed by atoms with van der Waals surface area (Å²) in [6.45, 7) is 2.92. The summed E-state index contributed by atoms with van der Waals surface area (Å²) in [7, 11) is 1.73. The molecule has 1 heterocycles. The normalized spacial score (nSPS) is 17.6. The fourth-order valence-electron chi connectivity index (χ4n) is 2.41. The molecule has 7 nitrogen and oxygen atoms in total. The van der Waals surface area contributed by atoms with E-state index >= 15 is 0 Å². The zero-order valence-corrected chi connectivity index (χ0v) is 12.2. The molecule has 1 N–H and O–H groups in total. The van der Waals surface area contributed by atoms with Crippen molar-refractivity contribution in [3.05, 3.63) is 33.9 Å². The van der Waals surface area contributed by atoms with Crippen LogP contribution in [-0.4, -0.2) is 47.5 Å². The lowest BCUT2D eigenvalue weighted by Gasteiger charge is -2.22. The highest BCUT2D eigenvalue weighted by Gasteiger charge is 2.25. The van der Waals surface area contributed by atoms with Gasteiger partial charge in [0, 0.05) is 26.2 Å². The fourth-order valence-corrected chi connectivity index (χ4v) is 2.41. The van der Waals surface area contributed by atoms with Gasteiger partial charge in [-0.1, -0.05) is 6.07 Å². The van der Waals surface area contributed by atoms with Gasteiger partial charge < -0.3 is 14.9 Å². The second-order valence-electron chi connectivity index (χ2n) is 5.27. The SMILES string of the molecule is C[C@@H](O)c1ccc(N2CCCN(C)C(=O)C2)c([N+](=O)[O-])c1. The molecule has 0 radical (unpaired) electrons. The fraction of sp³-hybridized carbons (Fsp3) is 0.500. The average Bonchev–Trinajstić information content (AvgIpc) is 2.60. The van der Waals surface area contributed by atoms with Crippen molar-refractivity contribution < 1.29 is 14.8 Å². The molecule has 1 aliphatic rings. The van der Waals surface area contributed by atoms with Gasteiger partial charge in [-0.15, -0.1) is 0 Å². The highest BCUT2D eigenvalue weighted by atomic mass is 16.6. The minimum absolute atomic E-state index is 0.0543. The predicted octanol–water partition coefficient (Wildman–Crippen LogP) is 1.32. The number of hydrogen-bond donors (Lipinski definition) is 1. The minimum atomic E-state index is -0.769. The van der Waals surface area contributed by atoms with Gasteiger partial charge in [0.2, 0.25) is 5.91 Å². The number of nitro benzene ring substituents is 1. The minimum Gasteiger partial charge on any atom is -0.389 e. The van der Waals surface area contributed by atoms with Crippen LogP contribution in [0, 0.1) is 10.1 Å². The molecule has 1 amide bonds. The van der Waals surface area contributed by atoms with E-state index in [0.29, 0.717) is 24.3 Å². The third kappa shape index (κ3) is 3.30. The zero-order valence-electron chi connectivity index (χ0n) is 12.2. The van der Waals surface area contributed by atoms with Crippen LogP contribution in [0.5, 0.6) is 0 Å². The van der Waals surface area contributed by atoms with E-state index in [1.807, 2.05) is 0 Å². The van der Waals surface area contributed by atoms with Crippen molar-refractivity contribution in [2.45, 2.75) is 19.4 Å². The molecule has 114 valence electrons. The largest absolute Gasteiger partial charge is 0.389 e. The van der Waals surface area contributed by atoms with Gasteiger partial charge in [0.25, 0.3) is 5.69 Å². The maximum Gasteiger partial charge on any atom is 0.292 e. The Hall–Kier alpha value is -2.15. The molecule has 1 saturated heterocycles. The summed E-state index contributed by atoms with van der Waals surface area (Å²) in [4.78, 5) is 26.1. The van der Waals surface area contributed by atoms with Crippen molar-refractivity contribution >= 4 is 17.3 Å². The monoisotopic (exact) mass is 293 g/mol. The second kappa shape index (κ2) is 6.09. The Morgan fingerprint density at radius 2 is 2.10 bits per heavy atom. The number of nitrogens with zero attached hydrogens (tertiary/aromatic N) is 3. The summed E-state index contributed by atoms with van der Waals surface area (Å²) < 4.78 is 0. The van der Waals surface area contributed by atoms with Crippen LogP contribution in [0.1, 0.15) is 25.0 Å². The number of aliphatic hydroxyl groups excluding tert-OH is 1. The summed E-state index contributed by atoms with van der Waals surface area (Å²) in [5.41, 5.74) is 0.836. The van der Waals surface area contributed by atoms with E-state index in [1.54, 1.807) is 35.9 Å². The molecule has 1 aliphatic heterocycles. The molecular formula is C14H19N3O4. The Kier molecular flexibility index (Phi) is 4.42. The maximum absolute atomic E-state index is 11.9. The van der Waals surface area contributed by atoms with Crippen LogP contribution in [0.3, 0.4) is 0 Å². The van der Waals surface area contributed by atoms with Gasteiger partial charge in [0.15, 0.2) is 0 Å². The molecule has 0 spiro atoms. The third-order valence-corrected chi connectivity index (χ3v) is 3.69. The standard InChI is InChI=1S/C14H19N3O4/c1-10(18)11-4-5-12(13(8-11)17(20)21)16-7-3-6-15(2)14(19)9-16/h4-5,8,10,18H,3,6-7,9H2,1-2H3/t10-/m1/s1. The molecule has 0 bridgehead atoms. The van der Waals surface area contributed by atoms with Crippen molar-refractivity contribution in [2.75, 3.05) is 31.6 Å². The molecule has 7 heteroatoms. The van der Waals surface area contributed by atoms with E-state index in [4.69, 9.17) is 0 Å². The lowest BCUT2D eigenvalue weighted by atomic mass is 10.1. The summed E-state index contributed by atoms with van der Waals surface area (Å²) >= 11 is 0. The molecular weight excluding hydrogens is 274 g/mol. The average molecular weight is 293 g/mol. The number of carbonyl (C=O) groups is 1. The van der Waals surface area contributed by atoms with Crippen molar-refractivity contribution in [1.82, 2.24) is 4.90 Å². The van der Waals surface area contributed by atoms with Crippen LogP contribution in [-0.2, 0) is 4.79 Å². The number of anilines is 1. The van der Waals surface area contributed by atoms with Gasteiger partial charge in [-0.05, 0) is 25.0 Å². The number of amides is 1. The first-order valence-electron chi connectivity index (χ1n) is 6.85. The molecule has 0 aromatic heterocycles. The van der Waals surface area contributed by atoms with Gasteiger partial charge in [0.05, 0.1) is 17.6 Å². The Balaban J connectivity index is 2.38. The second-order valence-corrected chi connectivity index (χ2v) is 5.27. The molecule has 0 aliphatic carbocycles. The van der Waals surface area contributed by atoms with Gasteiger partial charge in [-0.25, -0.2) is 0 Å². The number of nitro groups is 1. The maximum atomic E-state index is 11.9. The third-order valence-electron chi connectivity index (χ3n) is 3.69. The predicted molar refractivity (Wildman–Crippen MR) is 78.2 cm³/mol. The van der Waals surface area contributed by atoms with E-state index in [0.717, 1.165) is 6.42 Å². The molecule has 21 heavy (non-hydrogen) atoms. The molecule has 2 rings (SSSR count). The first kappa shape index (κ1) is 15.2. The lowest BCUT2D eigenvalue weighted by molar-refractivity contribution is -0.384. The summed E-state index contributed by atoms with van der Waals surface area (Å²) in [5.74, 6) is -0.0543. The quantitative estimate of drug-likeness (QED) is 0.671. The lowest BCUT2D eigenvalue weighted by Crippen LogP contribution is -2.34. The van der Waals surface area contributed by atoms with Crippen molar-refractivity contribution in [3.8, 4) is 0 Å². The molecule has 1 fully saturated rings. The van der Waals surface area contributed by atoms with Crippen LogP contribution in [0.4, 0.5) is 11.4 Å². The molecule has 1 atom stereocenters. The van der Waals surface area contributed by atoms with Gasteiger partial charge in [0.1, 0.15) is 5.69 Å². The summed E-state index contributed by atoms with van der Waals surface area (Å²) in [6.07, 6.45) is -0.00739. The summed E-state index contributed by atoms with van der Waals surface area (Å²) in [5, 5.41) is 20.8. The number of aliphatic hydroxyl groups is 1. The van der Waals surface area contributed by atoms with Gasteiger partial charge >= 0.3 is 0 Å². The van der Waals surface area contributed by atoms with E-state index in [2.05, 4.69) is 0 Å². The van der Waals surface area contributed by atoms with Gasteiger partial charge in [-0.2, -0.15) is 0 Å². The van der Waals surface area contributed by atoms with E-state index in [1.165, 1.54) is 6.07 Å². The van der Waals surface area contributed by atoms with Crippen LogP contribution >= 0.6 is 0 Å². The number of hydrogen-bond acceptors (Lipinski definition) is 5. The Labute approximate surface area is 122 Å². The molecule has 0 unspecified atom stereocenters. The molecule has 1 aromatic rings.